The maximum atomic E-state index is 12.9. The number of nitrogens with two attached hydrogens (primary N) is 2. The molecule has 0 radical (unpaired) electrons. The smallest absolute Gasteiger partial charge is 0.123 e. The van der Waals surface area contributed by atoms with Crippen LogP contribution in [0.1, 0.15) is 30.0 Å². The lowest BCUT2D eigenvalue weighted by atomic mass is 9.98. The molecule has 0 spiro atoms. The van der Waals surface area contributed by atoms with Crippen molar-refractivity contribution in [2.24, 2.45) is 11.5 Å². The van der Waals surface area contributed by atoms with E-state index in [4.69, 9.17) is 11.5 Å². The highest BCUT2D eigenvalue weighted by molar-refractivity contribution is 5.29. The largest absolute Gasteiger partial charge is 0.330 e. The molecule has 0 bridgehead atoms. The molecule has 0 aliphatic carbocycles. The monoisotopic (exact) mass is 196 g/mol. The molecule has 78 valence electrons. The fraction of sp³-hybridized carbons (Fsp3) is 0.455. The molecule has 0 aliphatic heterocycles. The summed E-state index contributed by atoms with van der Waals surface area (Å²) in [7, 11) is 0. The Morgan fingerprint density at radius 3 is 2.79 bits per heavy atom. The lowest BCUT2D eigenvalue weighted by Crippen LogP contribution is -2.14. The van der Waals surface area contributed by atoms with E-state index in [1.807, 2.05) is 6.92 Å². The van der Waals surface area contributed by atoms with Gasteiger partial charge in [0.15, 0.2) is 0 Å². The van der Waals surface area contributed by atoms with Gasteiger partial charge in [-0.3, -0.25) is 0 Å². The van der Waals surface area contributed by atoms with Crippen LogP contribution in [0.15, 0.2) is 18.2 Å². The van der Waals surface area contributed by atoms with E-state index in [9.17, 15) is 4.39 Å². The van der Waals surface area contributed by atoms with Crippen molar-refractivity contribution in [1.29, 1.82) is 0 Å². The predicted octanol–water partition coefficient (Wildman–Crippen LogP) is 1.87. The summed E-state index contributed by atoms with van der Waals surface area (Å²) < 4.78 is 12.9. The second-order valence-corrected chi connectivity index (χ2v) is 3.54. The van der Waals surface area contributed by atoms with E-state index in [-0.39, 0.29) is 11.9 Å². The second kappa shape index (κ2) is 5.08. The molecule has 0 heterocycles. The van der Waals surface area contributed by atoms with Crippen molar-refractivity contribution in [3.63, 3.8) is 0 Å². The van der Waals surface area contributed by atoms with Crippen LogP contribution >= 0.6 is 0 Å². The van der Waals surface area contributed by atoms with Gasteiger partial charge in [0.05, 0.1) is 0 Å². The summed E-state index contributed by atoms with van der Waals surface area (Å²) in [6.07, 6.45) is 1.68. The Labute approximate surface area is 84.1 Å². The van der Waals surface area contributed by atoms with Crippen LogP contribution in [0.5, 0.6) is 0 Å². The third-order valence-electron chi connectivity index (χ3n) is 2.36. The zero-order valence-electron chi connectivity index (χ0n) is 8.46. The zero-order chi connectivity index (χ0) is 10.6. The number of halogens is 1. The molecule has 0 aliphatic rings. The maximum Gasteiger partial charge on any atom is 0.123 e. The van der Waals surface area contributed by atoms with Gasteiger partial charge in [0.25, 0.3) is 0 Å². The molecule has 3 heteroatoms. The highest BCUT2D eigenvalue weighted by Gasteiger charge is 2.09. The number of rotatable bonds is 4. The predicted molar refractivity (Wildman–Crippen MR) is 56.4 cm³/mol. The fourth-order valence-electron chi connectivity index (χ4n) is 1.50. The summed E-state index contributed by atoms with van der Waals surface area (Å²) in [4.78, 5) is 0. The minimum absolute atomic E-state index is 0.103. The molecule has 0 amide bonds. The Bertz CT molecular complexity index is 299. The van der Waals surface area contributed by atoms with Crippen molar-refractivity contribution in [2.75, 3.05) is 6.54 Å². The van der Waals surface area contributed by atoms with Crippen LogP contribution in [0.25, 0.3) is 0 Å². The van der Waals surface area contributed by atoms with Crippen molar-refractivity contribution >= 4 is 0 Å². The third kappa shape index (κ3) is 2.79. The highest BCUT2D eigenvalue weighted by Crippen LogP contribution is 2.20. The van der Waals surface area contributed by atoms with Gasteiger partial charge in [-0.15, -0.1) is 0 Å². The molecular weight excluding hydrogens is 179 g/mol. The lowest BCUT2D eigenvalue weighted by Gasteiger charge is -2.14. The van der Waals surface area contributed by atoms with Gasteiger partial charge in [0.2, 0.25) is 0 Å². The normalized spacial score (nSPS) is 12.9. The quantitative estimate of drug-likeness (QED) is 0.772. The number of hydrogen-bond acceptors (Lipinski definition) is 2. The Kier molecular flexibility index (Phi) is 4.04. The number of hydrogen-bond donors (Lipinski definition) is 2. The average molecular weight is 196 g/mol. The second-order valence-electron chi connectivity index (χ2n) is 3.54. The van der Waals surface area contributed by atoms with E-state index in [0.717, 1.165) is 24.0 Å². The summed E-state index contributed by atoms with van der Waals surface area (Å²) in [5, 5.41) is 0. The Morgan fingerprint density at radius 1 is 1.43 bits per heavy atom. The van der Waals surface area contributed by atoms with Crippen LogP contribution in [0, 0.1) is 12.7 Å². The summed E-state index contributed by atoms with van der Waals surface area (Å²) >= 11 is 0. The van der Waals surface area contributed by atoms with Gasteiger partial charge >= 0.3 is 0 Å². The Morgan fingerprint density at radius 2 is 2.14 bits per heavy atom. The van der Waals surface area contributed by atoms with Gasteiger partial charge in [-0.2, -0.15) is 0 Å². The van der Waals surface area contributed by atoms with Crippen LogP contribution in [-0.2, 0) is 0 Å². The van der Waals surface area contributed by atoms with Gasteiger partial charge in [0.1, 0.15) is 5.82 Å². The van der Waals surface area contributed by atoms with Gasteiger partial charge < -0.3 is 11.5 Å². The topological polar surface area (TPSA) is 52.0 Å². The maximum absolute atomic E-state index is 12.9. The van der Waals surface area contributed by atoms with Crippen LogP contribution < -0.4 is 11.5 Å². The van der Waals surface area contributed by atoms with Crippen molar-refractivity contribution in [2.45, 2.75) is 25.8 Å². The molecule has 0 unspecified atom stereocenters. The summed E-state index contributed by atoms with van der Waals surface area (Å²) in [6.45, 7) is 2.57. The Balaban J connectivity index is 2.77. The highest BCUT2D eigenvalue weighted by atomic mass is 19.1. The molecular formula is C11H17FN2. The molecule has 1 rings (SSSR count). The van der Waals surface area contributed by atoms with Crippen molar-refractivity contribution in [1.82, 2.24) is 0 Å². The van der Waals surface area contributed by atoms with E-state index >= 15 is 0 Å². The third-order valence-corrected chi connectivity index (χ3v) is 2.36. The van der Waals surface area contributed by atoms with E-state index in [2.05, 4.69) is 0 Å². The van der Waals surface area contributed by atoms with E-state index in [0.29, 0.717) is 6.54 Å². The first-order chi connectivity index (χ1) is 6.65. The Hall–Kier alpha value is -0.930. The summed E-state index contributed by atoms with van der Waals surface area (Å²) in [5.41, 5.74) is 13.2. The van der Waals surface area contributed by atoms with Crippen LogP contribution in [-0.4, -0.2) is 6.54 Å². The molecule has 0 saturated carbocycles. The van der Waals surface area contributed by atoms with Gasteiger partial charge in [0, 0.05) is 6.04 Å². The molecule has 1 aromatic carbocycles. The number of benzene rings is 1. The lowest BCUT2D eigenvalue weighted by molar-refractivity contribution is 0.594. The fourth-order valence-corrected chi connectivity index (χ4v) is 1.50. The van der Waals surface area contributed by atoms with Crippen LogP contribution in [0.2, 0.25) is 0 Å². The molecule has 0 saturated heterocycles. The van der Waals surface area contributed by atoms with E-state index in [1.54, 1.807) is 6.07 Å². The molecule has 1 aromatic rings. The first-order valence-corrected chi connectivity index (χ1v) is 4.87. The minimum atomic E-state index is -0.228. The van der Waals surface area contributed by atoms with Crippen molar-refractivity contribution in [3.05, 3.63) is 35.1 Å². The standard InChI is InChI=1S/C11H17FN2/c1-8-4-5-9(12)7-10(8)11(14)3-2-6-13/h4-5,7,11H,2-3,6,13-14H2,1H3/t11-/m0/s1. The van der Waals surface area contributed by atoms with Crippen LogP contribution in [0.4, 0.5) is 4.39 Å². The zero-order valence-corrected chi connectivity index (χ0v) is 8.46. The van der Waals surface area contributed by atoms with E-state index in [1.165, 1.54) is 12.1 Å². The minimum Gasteiger partial charge on any atom is -0.330 e. The molecule has 2 nitrogen and oxygen atoms in total. The van der Waals surface area contributed by atoms with Crippen LogP contribution in [0.3, 0.4) is 0 Å². The molecule has 4 N–H and O–H groups in total. The molecule has 0 fully saturated rings. The van der Waals surface area contributed by atoms with Gasteiger partial charge in [-0.1, -0.05) is 6.07 Å². The molecule has 0 aromatic heterocycles. The number of aryl methyl sites for hydroxylation is 1. The summed E-state index contributed by atoms with van der Waals surface area (Å²) in [6, 6.07) is 4.62. The first kappa shape index (κ1) is 11.1. The van der Waals surface area contributed by atoms with Gasteiger partial charge in [-0.25, -0.2) is 4.39 Å². The molecule has 1 atom stereocenters. The van der Waals surface area contributed by atoms with Gasteiger partial charge in [-0.05, 0) is 49.6 Å². The van der Waals surface area contributed by atoms with E-state index < -0.39 is 0 Å². The van der Waals surface area contributed by atoms with Crippen molar-refractivity contribution in [3.8, 4) is 0 Å². The van der Waals surface area contributed by atoms with Crippen molar-refractivity contribution < 1.29 is 4.39 Å². The molecule has 14 heavy (non-hydrogen) atoms. The summed E-state index contributed by atoms with van der Waals surface area (Å²) in [5.74, 6) is -0.228. The SMILES string of the molecule is Cc1ccc(F)cc1[C@@H](N)CCCN. The average Bonchev–Trinajstić information content (AvgIpc) is 2.18. The first-order valence-electron chi connectivity index (χ1n) is 4.87.